The Hall–Kier alpha value is -1.38. The minimum absolute atomic E-state index is 0.420. The van der Waals surface area contributed by atoms with Crippen LogP contribution in [0.25, 0.3) is 0 Å². The molecular weight excluding hydrogens is 294 g/mol. The summed E-state index contributed by atoms with van der Waals surface area (Å²) in [5.41, 5.74) is -3.75. The third kappa shape index (κ3) is 5.78. The molecule has 0 aromatic heterocycles. The van der Waals surface area contributed by atoms with Gasteiger partial charge >= 0.3 is 12.2 Å². The molecule has 22 heavy (non-hydrogen) atoms. The number of amides is 2. The monoisotopic (exact) mass is 321 g/mol. The lowest BCUT2D eigenvalue weighted by molar-refractivity contribution is -0.0663. The van der Waals surface area contributed by atoms with Crippen molar-refractivity contribution in [2.24, 2.45) is 0 Å². The van der Waals surface area contributed by atoms with E-state index in [0.717, 1.165) is 0 Å². The van der Waals surface area contributed by atoms with Gasteiger partial charge in [-0.2, -0.15) is 4.90 Å². The summed E-state index contributed by atoms with van der Waals surface area (Å²) in [6, 6.07) is 0. The number of nitrogens with zero attached hydrogens (tertiary/aromatic N) is 1. The van der Waals surface area contributed by atoms with Crippen LogP contribution in [0.2, 0.25) is 0 Å². The number of carbonyl (C=O) groups is 2. The molecule has 130 valence electrons. The van der Waals surface area contributed by atoms with Gasteiger partial charge in [0.15, 0.2) is 0 Å². The predicted molar refractivity (Wildman–Crippen MR) is 78.3 cm³/mol. The van der Waals surface area contributed by atoms with E-state index in [9.17, 15) is 24.9 Å². The second kappa shape index (κ2) is 7.26. The van der Waals surface area contributed by atoms with E-state index in [4.69, 9.17) is 9.47 Å². The summed E-state index contributed by atoms with van der Waals surface area (Å²) in [5.74, 6) is 0. The van der Waals surface area contributed by atoms with Gasteiger partial charge in [-0.05, 0) is 41.5 Å². The molecule has 0 fully saturated rings. The van der Waals surface area contributed by atoms with Crippen molar-refractivity contribution in [3.8, 4) is 0 Å². The molecule has 0 spiro atoms. The largest absolute Gasteiger partial charge is 0.443 e. The van der Waals surface area contributed by atoms with Gasteiger partial charge in [-0.3, -0.25) is 0 Å². The fourth-order valence-corrected chi connectivity index (χ4v) is 1.44. The summed E-state index contributed by atoms with van der Waals surface area (Å²) in [6.07, 6.45) is -2.25. The Morgan fingerprint density at radius 3 is 1.23 bits per heavy atom. The van der Waals surface area contributed by atoms with E-state index in [-0.39, 0.29) is 0 Å². The topological polar surface area (TPSA) is 117 Å². The smallest absolute Gasteiger partial charge is 0.420 e. The first-order valence-electron chi connectivity index (χ1n) is 6.90. The Bertz CT molecular complexity index is 355. The van der Waals surface area contributed by atoms with E-state index in [1.54, 1.807) is 41.5 Å². The molecule has 0 aromatic carbocycles. The molecule has 0 atom stereocenters. The van der Waals surface area contributed by atoms with Crippen LogP contribution in [0.3, 0.4) is 0 Å². The number of aliphatic hydroxyl groups excluding tert-OH is 3. The molecule has 0 aromatic rings. The highest BCUT2D eigenvalue weighted by Crippen LogP contribution is 2.22. The SMILES string of the molecule is CC(C)(C)OC(=O)N(C(=O)OC(C)(C)C)C(CO)(CO)CO. The number of aliphatic hydroxyl groups is 3. The highest BCUT2D eigenvalue weighted by molar-refractivity contribution is 5.89. The molecule has 8 heteroatoms. The minimum Gasteiger partial charge on any atom is -0.443 e. The Kier molecular flexibility index (Phi) is 6.80. The van der Waals surface area contributed by atoms with E-state index in [2.05, 4.69) is 0 Å². The average molecular weight is 321 g/mol. The normalized spacial score (nSPS) is 12.8. The van der Waals surface area contributed by atoms with Crippen LogP contribution in [-0.4, -0.2) is 69.0 Å². The highest BCUT2D eigenvalue weighted by Gasteiger charge is 2.46. The Labute approximate surface area is 130 Å². The van der Waals surface area contributed by atoms with Gasteiger partial charge < -0.3 is 24.8 Å². The van der Waals surface area contributed by atoms with Crippen molar-refractivity contribution in [3.63, 3.8) is 0 Å². The Morgan fingerprint density at radius 2 is 1.05 bits per heavy atom. The standard InChI is InChI=1S/C14H27NO7/c1-12(2,3)21-10(19)15(11(20)22-13(4,5)6)14(7-16,8-17)9-18/h16-18H,7-9H2,1-6H3. The van der Waals surface area contributed by atoms with Crippen molar-refractivity contribution in [2.75, 3.05) is 19.8 Å². The molecule has 0 bridgehead atoms. The van der Waals surface area contributed by atoms with Crippen molar-refractivity contribution < 1.29 is 34.4 Å². The van der Waals surface area contributed by atoms with E-state index >= 15 is 0 Å². The summed E-state index contributed by atoms with van der Waals surface area (Å²) in [4.78, 5) is 25.0. The molecule has 0 aliphatic heterocycles. The zero-order chi connectivity index (χ0) is 17.8. The first-order valence-corrected chi connectivity index (χ1v) is 6.90. The first kappa shape index (κ1) is 20.6. The average Bonchev–Trinajstić information content (AvgIpc) is 2.31. The second-order valence-electron chi connectivity index (χ2n) is 6.99. The molecule has 0 unspecified atom stereocenters. The zero-order valence-corrected chi connectivity index (χ0v) is 14.0. The molecular formula is C14H27NO7. The predicted octanol–water partition coefficient (Wildman–Crippen LogP) is 0.874. The number of imide groups is 1. The third-order valence-electron chi connectivity index (χ3n) is 2.51. The molecule has 0 radical (unpaired) electrons. The van der Waals surface area contributed by atoms with Gasteiger partial charge in [0.05, 0.1) is 19.8 Å². The van der Waals surface area contributed by atoms with Crippen LogP contribution in [0.4, 0.5) is 9.59 Å². The van der Waals surface area contributed by atoms with Gasteiger partial charge in [0.1, 0.15) is 16.7 Å². The van der Waals surface area contributed by atoms with Crippen LogP contribution in [0, 0.1) is 0 Å². The van der Waals surface area contributed by atoms with E-state index in [1.165, 1.54) is 0 Å². The number of hydrogen-bond acceptors (Lipinski definition) is 7. The summed E-state index contributed by atoms with van der Waals surface area (Å²) < 4.78 is 10.2. The van der Waals surface area contributed by atoms with Gasteiger partial charge in [0.25, 0.3) is 0 Å². The molecule has 0 saturated heterocycles. The summed E-state index contributed by atoms with van der Waals surface area (Å²) in [7, 11) is 0. The molecule has 0 saturated carbocycles. The summed E-state index contributed by atoms with van der Waals surface area (Å²) >= 11 is 0. The van der Waals surface area contributed by atoms with Crippen LogP contribution < -0.4 is 0 Å². The van der Waals surface area contributed by atoms with Crippen LogP contribution >= 0.6 is 0 Å². The maximum atomic E-state index is 12.3. The van der Waals surface area contributed by atoms with Crippen LogP contribution in [0.15, 0.2) is 0 Å². The van der Waals surface area contributed by atoms with Crippen LogP contribution in [0.5, 0.6) is 0 Å². The van der Waals surface area contributed by atoms with Crippen molar-refractivity contribution in [2.45, 2.75) is 58.3 Å². The Balaban J connectivity index is 5.67. The fourth-order valence-electron chi connectivity index (χ4n) is 1.44. The van der Waals surface area contributed by atoms with Gasteiger partial charge in [-0.15, -0.1) is 0 Å². The minimum atomic E-state index is -1.93. The molecule has 0 aliphatic carbocycles. The lowest BCUT2D eigenvalue weighted by atomic mass is 10.0. The summed E-state index contributed by atoms with van der Waals surface area (Å²) in [5, 5.41) is 28.4. The van der Waals surface area contributed by atoms with Crippen molar-refractivity contribution in [1.82, 2.24) is 4.90 Å². The number of hydrogen-bond donors (Lipinski definition) is 3. The fraction of sp³-hybridized carbons (Fsp3) is 0.857. The maximum Gasteiger partial charge on any atom is 0.420 e. The van der Waals surface area contributed by atoms with Crippen molar-refractivity contribution >= 4 is 12.2 Å². The third-order valence-corrected chi connectivity index (χ3v) is 2.51. The molecule has 3 N–H and O–H groups in total. The lowest BCUT2D eigenvalue weighted by Crippen LogP contribution is -2.63. The van der Waals surface area contributed by atoms with Gasteiger partial charge in [-0.25, -0.2) is 9.59 Å². The lowest BCUT2D eigenvalue weighted by Gasteiger charge is -2.39. The molecule has 0 aliphatic rings. The van der Waals surface area contributed by atoms with E-state index < -0.39 is 48.7 Å². The van der Waals surface area contributed by atoms with E-state index in [0.29, 0.717) is 4.90 Å². The van der Waals surface area contributed by atoms with Crippen molar-refractivity contribution in [1.29, 1.82) is 0 Å². The van der Waals surface area contributed by atoms with Crippen LogP contribution in [0.1, 0.15) is 41.5 Å². The van der Waals surface area contributed by atoms with Gasteiger partial charge in [0, 0.05) is 0 Å². The van der Waals surface area contributed by atoms with Gasteiger partial charge in [0.2, 0.25) is 0 Å². The van der Waals surface area contributed by atoms with Crippen molar-refractivity contribution in [3.05, 3.63) is 0 Å². The number of ether oxygens (including phenoxy) is 2. The quantitative estimate of drug-likeness (QED) is 0.703. The molecule has 0 rings (SSSR count). The summed E-state index contributed by atoms with van der Waals surface area (Å²) in [6.45, 7) is 7.02. The van der Waals surface area contributed by atoms with E-state index in [1.807, 2.05) is 0 Å². The van der Waals surface area contributed by atoms with Gasteiger partial charge in [-0.1, -0.05) is 0 Å². The maximum absolute atomic E-state index is 12.3. The second-order valence-corrected chi connectivity index (χ2v) is 6.99. The number of rotatable bonds is 4. The molecule has 2 amide bonds. The zero-order valence-electron chi connectivity index (χ0n) is 14.0. The number of carbonyl (C=O) groups excluding carboxylic acids is 2. The Morgan fingerprint density at radius 1 is 0.773 bits per heavy atom. The van der Waals surface area contributed by atoms with Crippen LogP contribution in [-0.2, 0) is 9.47 Å². The molecule has 8 nitrogen and oxygen atoms in total. The molecule has 0 heterocycles. The highest BCUT2D eigenvalue weighted by atomic mass is 16.6. The first-order chi connectivity index (χ1) is 9.82.